The minimum absolute atomic E-state index is 0.978. The van der Waals surface area contributed by atoms with Crippen molar-refractivity contribution in [2.75, 3.05) is 31.6 Å². The summed E-state index contributed by atoms with van der Waals surface area (Å²) in [6, 6.07) is 12.4. The lowest BCUT2D eigenvalue weighted by Gasteiger charge is -2.18. The summed E-state index contributed by atoms with van der Waals surface area (Å²) in [5.41, 5.74) is 1.06. The molecule has 3 heteroatoms. The number of para-hydroxylation sites is 1. The minimum atomic E-state index is 0.978. The maximum Gasteiger partial charge on any atom is 0.129 e. The number of hydrogen-bond acceptors (Lipinski definition) is 3. The fourth-order valence-corrected chi connectivity index (χ4v) is 1.93. The first kappa shape index (κ1) is 12.8. The topological polar surface area (TPSA) is 28.2 Å². The van der Waals surface area contributed by atoms with Crippen LogP contribution in [0.4, 0.5) is 5.82 Å². The standard InChI is InChI=1S/C15H21N3/c1-3-10-16-11-12-18(2)15-9-8-13-6-4-5-7-14(13)17-15/h4-9,16H,3,10-12H2,1-2H3. The lowest BCUT2D eigenvalue weighted by atomic mass is 10.2. The molecule has 1 aromatic heterocycles. The van der Waals surface area contributed by atoms with Gasteiger partial charge >= 0.3 is 0 Å². The van der Waals surface area contributed by atoms with Crippen molar-refractivity contribution >= 4 is 16.7 Å². The van der Waals surface area contributed by atoms with E-state index < -0.39 is 0 Å². The van der Waals surface area contributed by atoms with Crippen molar-refractivity contribution in [3.8, 4) is 0 Å². The lowest BCUT2D eigenvalue weighted by molar-refractivity contribution is 0.664. The van der Waals surface area contributed by atoms with Gasteiger partial charge in [-0.1, -0.05) is 25.1 Å². The number of likely N-dealkylation sites (N-methyl/N-ethyl adjacent to an activating group) is 1. The Hall–Kier alpha value is -1.61. The Morgan fingerprint density at radius 2 is 1.94 bits per heavy atom. The molecule has 0 saturated carbocycles. The molecule has 96 valence electrons. The van der Waals surface area contributed by atoms with Gasteiger partial charge in [0.2, 0.25) is 0 Å². The molecule has 0 amide bonds. The molecule has 2 aromatic rings. The third kappa shape index (κ3) is 3.20. The second-order valence-corrected chi connectivity index (χ2v) is 4.53. The number of fused-ring (bicyclic) bond motifs is 1. The van der Waals surface area contributed by atoms with Crippen LogP contribution in [-0.2, 0) is 0 Å². The van der Waals surface area contributed by atoms with Gasteiger partial charge in [-0.05, 0) is 31.2 Å². The third-order valence-electron chi connectivity index (χ3n) is 3.03. The van der Waals surface area contributed by atoms with Crippen LogP contribution in [-0.4, -0.2) is 31.7 Å². The van der Waals surface area contributed by atoms with Crippen LogP contribution < -0.4 is 10.2 Å². The second kappa shape index (κ2) is 6.36. The molecule has 0 radical (unpaired) electrons. The number of anilines is 1. The smallest absolute Gasteiger partial charge is 0.129 e. The average molecular weight is 243 g/mol. The highest BCUT2D eigenvalue weighted by atomic mass is 15.2. The highest BCUT2D eigenvalue weighted by Crippen LogP contribution is 2.16. The Morgan fingerprint density at radius 1 is 1.11 bits per heavy atom. The van der Waals surface area contributed by atoms with E-state index in [2.05, 4.69) is 53.4 Å². The van der Waals surface area contributed by atoms with E-state index >= 15 is 0 Å². The Kier molecular flexibility index (Phi) is 4.53. The number of nitrogens with zero attached hydrogens (tertiary/aromatic N) is 2. The molecular formula is C15H21N3. The Morgan fingerprint density at radius 3 is 2.78 bits per heavy atom. The van der Waals surface area contributed by atoms with Gasteiger partial charge in [0.25, 0.3) is 0 Å². The van der Waals surface area contributed by atoms with Crippen LogP contribution in [0.15, 0.2) is 36.4 Å². The van der Waals surface area contributed by atoms with Gasteiger partial charge in [0.05, 0.1) is 5.52 Å². The number of nitrogens with one attached hydrogen (secondary N) is 1. The maximum absolute atomic E-state index is 4.67. The van der Waals surface area contributed by atoms with Crippen LogP contribution in [0.25, 0.3) is 10.9 Å². The van der Waals surface area contributed by atoms with Gasteiger partial charge in [0.15, 0.2) is 0 Å². The van der Waals surface area contributed by atoms with E-state index in [0.717, 1.165) is 31.0 Å². The Balaban J connectivity index is 2.01. The van der Waals surface area contributed by atoms with Crippen LogP contribution >= 0.6 is 0 Å². The van der Waals surface area contributed by atoms with Gasteiger partial charge in [-0.15, -0.1) is 0 Å². The highest BCUT2D eigenvalue weighted by molar-refractivity contribution is 5.80. The molecule has 0 aliphatic rings. The second-order valence-electron chi connectivity index (χ2n) is 4.53. The van der Waals surface area contributed by atoms with Gasteiger partial charge in [0.1, 0.15) is 5.82 Å². The Labute approximate surface area is 109 Å². The summed E-state index contributed by atoms with van der Waals surface area (Å²) in [4.78, 5) is 6.86. The molecule has 0 saturated heterocycles. The molecule has 3 nitrogen and oxygen atoms in total. The first-order valence-corrected chi connectivity index (χ1v) is 6.59. The SMILES string of the molecule is CCCNCCN(C)c1ccc2ccccc2n1. The summed E-state index contributed by atoms with van der Waals surface area (Å²) in [6.07, 6.45) is 1.18. The first-order chi connectivity index (χ1) is 8.81. The Bertz CT molecular complexity index is 496. The lowest BCUT2D eigenvalue weighted by Crippen LogP contribution is -2.29. The van der Waals surface area contributed by atoms with E-state index in [1.807, 2.05) is 12.1 Å². The highest BCUT2D eigenvalue weighted by Gasteiger charge is 2.02. The zero-order valence-corrected chi connectivity index (χ0v) is 11.2. The van der Waals surface area contributed by atoms with Gasteiger partial charge in [-0.25, -0.2) is 4.98 Å². The molecule has 0 fully saturated rings. The maximum atomic E-state index is 4.67. The zero-order valence-electron chi connectivity index (χ0n) is 11.2. The molecule has 1 aromatic carbocycles. The normalized spacial score (nSPS) is 10.8. The van der Waals surface area contributed by atoms with Crippen LogP contribution in [0.3, 0.4) is 0 Å². The molecule has 0 atom stereocenters. The largest absolute Gasteiger partial charge is 0.358 e. The van der Waals surface area contributed by atoms with Crippen molar-refractivity contribution in [1.29, 1.82) is 0 Å². The fraction of sp³-hybridized carbons (Fsp3) is 0.400. The minimum Gasteiger partial charge on any atom is -0.358 e. The van der Waals surface area contributed by atoms with Gasteiger partial charge in [-0.3, -0.25) is 0 Å². The number of benzene rings is 1. The third-order valence-corrected chi connectivity index (χ3v) is 3.03. The molecule has 18 heavy (non-hydrogen) atoms. The zero-order chi connectivity index (χ0) is 12.8. The fourth-order valence-electron chi connectivity index (χ4n) is 1.93. The molecule has 2 rings (SSSR count). The molecule has 1 heterocycles. The van der Waals surface area contributed by atoms with E-state index in [1.54, 1.807) is 0 Å². The summed E-state index contributed by atoms with van der Waals surface area (Å²) >= 11 is 0. The number of aromatic nitrogens is 1. The first-order valence-electron chi connectivity index (χ1n) is 6.59. The van der Waals surface area contributed by atoms with Crippen molar-refractivity contribution in [1.82, 2.24) is 10.3 Å². The van der Waals surface area contributed by atoms with Crippen molar-refractivity contribution in [2.24, 2.45) is 0 Å². The number of hydrogen-bond donors (Lipinski definition) is 1. The predicted molar refractivity (Wildman–Crippen MR) is 78.2 cm³/mol. The summed E-state index contributed by atoms with van der Waals surface area (Å²) in [5.74, 6) is 1.03. The van der Waals surface area contributed by atoms with E-state index in [-0.39, 0.29) is 0 Å². The van der Waals surface area contributed by atoms with Gasteiger partial charge in [-0.2, -0.15) is 0 Å². The van der Waals surface area contributed by atoms with E-state index in [4.69, 9.17) is 0 Å². The van der Waals surface area contributed by atoms with Crippen LogP contribution in [0, 0.1) is 0 Å². The van der Waals surface area contributed by atoms with Crippen LogP contribution in [0.5, 0.6) is 0 Å². The predicted octanol–water partition coefficient (Wildman–Crippen LogP) is 2.67. The van der Waals surface area contributed by atoms with Crippen LogP contribution in [0.2, 0.25) is 0 Å². The molecule has 1 N–H and O–H groups in total. The number of rotatable bonds is 6. The van der Waals surface area contributed by atoms with Crippen LogP contribution in [0.1, 0.15) is 13.3 Å². The van der Waals surface area contributed by atoms with Crippen molar-refractivity contribution in [2.45, 2.75) is 13.3 Å². The van der Waals surface area contributed by atoms with Crippen molar-refractivity contribution < 1.29 is 0 Å². The molecule has 0 unspecified atom stereocenters. The summed E-state index contributed by atoms with van der Waals surface area (Å²) in [6.45, 7) is 5.24. The number of pyridine rings is 1. The molecule has 0 spiro atoms. The summed E-state index contributed by atoms with van der Waals surface area (Å²) in [5, 5.41) is 4.60. The quantitative estimate of drug-likeness (QED) is 0.791. The summed E-state index contributed by atoms with van der Waals surface area (Å²) in [7, 11) is 2.09. The molecule has 0 aliphatic carbocycles. The molecular weight excluding hydrogens is 222 g/mol. The van der Waals surface area contributed by atoms with Gasteiger partial charge in [0, 0.05) is 25.5 Å². The van der Waals surface area contributed by atoms with E-state index in [1.165, 1.54) is 11.8 Å². The molecule has 0 aliphatic heterocycles. The van der Waals surface area contributed by atoms with Crippen molar-refractivity contribution in [3.05, 3.63) is 36.4 Å². The summed E-state index contributed by atoms with van der Waals surface area (Å²) < 4.78 is 0. The van der Waals surface area contributed by atoms with E-state index in [0.29, 0.717) is 0 Å². The monoisotopic (exact) mass is 243 g/mol. The molecule has 0 bridgehead atoms. The van der Waals surface area contributed by atoms with Gasteiger partial charge < -0.3 is 10.2 Å². The van der Waals surface area contributed by atoms with Crippen molar-refractivity contribution in [3.63, 3.8) is 0 Å². The van der Waals surface area contributed by atoms with E-state index in [9.17, 15) is 0 Å². The average Bonchev–Trinajstić information content (AvgIpc) is 2.43.